The number of rotatable bonds is 1. The maximum Gasteiger partial charge on any atom is 0.247 e. The highest BCUT2D eigenvalue weighted by atomic mass is 35.5. The zero-order valence-electron chi connectivity index (χ0n) is 10.3. The van der Waals surface area contributed by atoms with Crippen LogP contribution in [-0.4, -0.2) is 27.9 Å². The number of anilines is 1. The zero-order chi connectivity index (χ0) is 12.5. The van der Waals surface area contributed by atoms with E-state index in [2.05, 4.69) is 15.4 Å². The van der Waals surface area contributed by atoms with Gasteiger partial charge in [0.25, 0.3) is 0 Å². The number of fused-ring (bicyclic) bond motifs is 1. The number of aryl methyl sites for hydroxylation is 1. The number of carbonyl (C=O) groups is 1. The summed E-state index contributed by atoms with van der Waals surface area (Å²) in [4.78, 5) is 16.0. The number of hydrogen-bond donors (Lipinski definition) is 1. The Morgan fingerprint density at radius 1 is 1.26 bits per heavy atom. The van der Waals surface area contributed by atoms with Crippen molar-refractivity contribution in [2.24, 2.45) is 12.0 Å². The number of nitrogens with one attached hydrogen (secondary N) is 1. The van der Waals surface area contributed by atoms with Gasteiger partial charge < -0.3 is 5.32 Å². The number of aliphatic imine (C=N–C) groups is 1. The molecule has 2 aromatic rings. The Kier molecular flexibility index (Phi) is 3.66. The Bertz CT molecular complexity index is 633. The van der Waals surface area contributed by atoms with E-state index in [1.54, 1.807) is 17.9 Å². The largest absolute Gasteiger partial charge is 0.309 e. The summed E-state index contributed by atoms with van der Waals surface area (Å²) in [5.41, 5.74) is 2.65. The average Bonchev–Trinajstić information content (AvgIpc) is 2.65. The van der Waals surface area contributed by atoms with Crippen LogP contribution in [0.5, 0.6) is 0 Å². The van der Waals surface area contributed by atoms with Gasteiger partial charge in [0.05, 0.1) is 17.5 Å². The second-order valence-electron chi connectivity index (χ2n) is 4.11. The van der Waals surface area contributed by atoms with E-state index >= 15 is 0 Å². The number of aromatic nitrogens is 2. The van der Waals surface area contributed by atoms with Gasteiger partial charge in [-0.3, -0.25) is 14.5 Å². The SMILES string of the molecule is Cl.Cn1ncc2c1NC(=O)CN=C2c1ccccc1. The summed E-state index contributed by atoms with van der Waals surface area (Å²) in [6.07, 6.45) is 1.73. The van der Waals surface area contributed by atoms with Gasteiger partial charge in [-0.1, -0.05) is 30.3 Å². The van der Waals surface area contributed by atoms with Gasteiger partial charge in [-0.05, 0) is 0 Å². The predicted molar refractivity (Wildman–Crippen MR) is 76.0 cm³/mol. The summed E-state index contributed by atoms with van der Waals surface area (Å²) in [6, 6.07) is 9.81. The van der Waals surface area contributed by atoms with Crippen LogP contribution in [0.3, 0.4) is 0 Å². The molecule has 6 heteroatoms. The summed E-state index contributed by atoms with van der Waals surface area (Å²) in [5, 5.41) is 6.99. The lowest BCUT2D eigenvalue weighted by molar-refractivity contribution is -0.114. The van der Waals surface area contributed by atoms with Crippen molar-refractivity contribution in [3.63, 3.8) is 0 Å². The predicted octanol–water partition coefficient (Wildman–Crippen LogP) is 1.63. The number of benzene rings is 1. The van der Waals surface area contributed by atoms with Gasteiger partial charge in [-0.15, -0.1) is 12.4 Å². The molecule has 1 N–H and O–H groups in total. The smallest absolute Gasteiger partial charge is 0.247 e. The summed E-state index contributed by atoms with van der Waals surface area (Å²) in [5.74, 6) is 0.575. The number of halogens is 1. The van der Waals surface area contributed by atoms with Crippen LogP contribution in [0, 0.1) is 0 Å². The Hall–Kier alpha value is -2.14. The molecule has 0 saturated heterocycles. The van der Waals surface area contributed by atoms with Gasteiger partial charge in [0.1, 0.15) is 12.4 Å². The van der Waals surface area contributed by atoms with Crippen molar-refractivity contribution >= 4 is 29.8 Å². The van der Waals surface area contributed by atoms with E-state index in [9.17, 15) is 4.79 Å². The Morgan fingerprint density at radius 3 is 2.74 bits per heavy atom. The van der Waals surface area contributed by atoms with Gasteiger partial charge in [0.15, 0.2) is 0 Å². The molecule has 0 spiro atoms. The van der Waals surface area contributed by atoms with E-state index in [-0.39, 0.29) is 24.9 Å². The Morgan fingerprint density at radius 2 is 2.00 bits per heavy atom. The van der Waals surface area contributed by atoms with Crippen LogP contribution in [-0.2, 0) is 11.8 Å². The fourth-order valence-corrected chi connectivity index (χ4v) is 2.01. The van der Waals surface area contributed by atoms with Gasteiger partial charge >= 0.3 is 0 Å². The third-order valence-corrected chi connectivity index (χ3v) is 2.88. The number of carbonyl (C=O) groups excluding carboxylic acids is 1. The molecule has 1 aliphatic rings. The molecule has 3 rings (SSSR count). The lowest BCUT2D eigenvalue weighted by Crippen LogP contribution is -2.16. The average molecular weight is 277 g/mol. The molecule has 1 amide bonds. The molecule has 2 heterocycles. The molecule has 1 aromatic carbocycles. The van der Waals surface area contributed by atoms with Gasteiger partial charge in [0, 0.05) is 12.6 Å². The van der Waals surface area contributed by atoms with Gasteiger partial charge in [-0.25, -0.2) is 0 Å². The molecule has 0 aliphatic carbocycles. The van der Waals surface area contributed by atoms with Crippen LogP contribution in [0.15, 0.2) is 41.5 Å². The molecular formula is C13H13ClN4O. The topological polar surface area (TPSA) is 59.3 Å². The van der Waals surface area contributed by atoms with Gasteiger partial charge in [0.2, 0.25) is 5.91 Å². The van der Waals surface area contributed by atoms with Crippen LogP contribution in [0.1, 0.15) is 11.1 Å². The first-order valence-corrected chi connectivity index (χ1v) is 5.68. The fraction of sp³-hybridized carbons (Fsp3) is 0.154. The lowest BCUT2D eigenvalue weighted by Gasteiger charge is -2.05. The monoisotopic (exact) mass is 276 g/mol. The maximum atomic E-state index is 11.6. The minimum absolute atomic E-state index is 0. The minimum Gasteiger partial charge on any atom is -0.309 e. The normalized spacial score (nSPS) is 13.7. The highest BCUT2D eigenvalue weighted by Gasteiger charge is 2.20. The summed E-state index contributed by atoms with van der Waals surface area (Å²) >= 11 is 0. The first kappa shape index (κ1) is 13.3. The molecule has 0 fully saturated rings. The molecule has 5 nitrogen and oxygen atoms in total. The summed E-state index contributed by atoms with van der Waals surface area (Å²) in [7, 11) is 1.80. The van der Waals surface area contributed by atoms with Crippen molar-refractivity contribution in [1.82, 2.24) is 9.78 Å². The van der Waals surface area contributed by atoms with E-state index in [0.29, 0.717) is 5.82 Å². The number of hydrogen-bond acceptors (Lipinski definition) is 3. The molecule has 1 aliphatic heterocycles. The molecule has 0 atom stereocenters. The number of nitrogens with zero attached hydrogens (tertiary/aromatic N) is 3. The second-order valence-corrected chi connectivity index (χ2v) is 4.11. The molecular weight excluding hydrogens is 264 g/mol. The van der Waals surface area contributed by atoms with Crippen LogP contribution < -0.4 is 5.32 Å². The number of amides is 1. The van der Waals surface area contributed by atoms with E-state index in [0.717, 1.165) is 16.8 Å². The highest BCUT2D eigenvalue weighted by Crippen LogP contribution is 2.21. The van der Waals surface area contributed by atoms with Crippen molar-refractivity contribution in [2.75, 3.05) is 11.9 Å². The molecule has 0 bridgehead atoms. The molecule has 0 radical (unpaired) electrons. The molecule has 19 heavy (non-hydrogen) atoms. The third-order valence-electron chi connectivity index (χ3n) is 2.88. The summed E-state index contributed by atoms with van der Waals surface area (Å²) < 4.78 is 1.65. The van der Waals surface area contributed by atoms with Gasteiger partial charge in [-0.2, -0.15) is 5.10 Å². The van der Waals surface area contributed by atoms with Crippen molar-refractivity contribution in [2.45, 2.75) is 0 Å². The molecule has 0 unspecified atom stereocenters. The van der Waals surface area contributed by atoms with Crippen LogP contribution in [0.25, 0.3) is 0 Å². The second kappa shape index (κ2) is 5.24. The minimum atomic E-state index is -0.120. The zero-order valence-corrected chi connectivity index (χ0v) is 11.1. The summed E-state index contributed by atoms with van der Waals surface area (Å²) in [6.45, 7) is 0.138. The van der Waals surface area contributed by atoms with E-state index in [4.69, 9.17) is 0 Å². The van der Waals surface area contributed by atoms with Crippen LogP contribution in [0.2, 0.25) is 0 Å². The van der Waals surface area contributed by atoms with Crippen LogP contribution in [0.4, 0.5) is 5.82 Å². The van der Waals surface area contributed by atoms with E-state index < -0.39 is 0 Å². The molecule has 1 aromatic heterocycles. The first-order chi connectivity index (χ1) is 8.75. The Labute approximate surface area is 116 Å². The van der Waals surface area contributed by atoms with Crippen molar-refractivity contribution in [3.05, 3.63) is 47.7 Å². The molecule has 0 saturated carbocycles. The van der Waals surface area contributed by atoms with Crippen molar-refractivity contribution < 1.29 is 4.79 Å². The third kappa shape index (κ3) is 2.37. The quantitative estimate of drug-likeness (QED) is 0.861. The van der Waals surface area contributed by atoms with Crippen LogP contribution >= 0.6 is 12.4 Å². The first-order valence-electron chi connectivity index (χ1n) is 5.68. The molecule has 98 valence electrons. The standard InChI is InChI=1S/C13H12N4O.ClH/c1-17-13-10(7-15-17)12(14-8-11(18)16-13)9-5-3-2-4-6-9;/h2-7H,8H2,1H3,(H,16,18);1H. The van der Waals surface area contributed by atoms with E-state index in [1.165, 1.54) is 0 Å². The van der Waals surface area contributed by atoms with E-state index in [1.807, 2.05) is 30.3 Å². The fourth-order valence-electron chi connectivity index (χ4n) is 2.01. The van der Waals surface area contributed by atoms with Crippen molar-refractivity contribution in [3.8, 4) is 0 Å². The lowest BCUT2D eigenvalue weighted by atomic mass is 10.0. The Balaban J connectivity index is 0.00000133. The maximum absolute atomic E-state index is 11.6. The highest BCUT2D eigenvalue weighted by molar-refractivity contribution is 6.18. The van der Waals surface area contributed by atoms with Crippen molar-refractivity contribution in [1.29, 1.82) is 0 Å².